The van der Waals surface area contributed by atoms with Crippen LogP contribution in [0.15, 0.2) is 18.2 Å². The van der Waals surface area contributed by atoms with E-state index in [1.165, 1.54) is 4.90 Å². The monoisotopic (exact) mass is 304 g/mol. The lowest BCUT2D eigenvalue weighted by molar-refractivity contribution is -0.140. The van der Waals surface area contributed by atoms with Gasteiger partial charge in [-0.3, -0.25) is 4.79 Å². The number of benzene rings is 1. The van der Waals surface area contributed by atoms with Crippen molar-refractivity contribution in [1.29, 1.82) is 0 Å². The van der Waals surface area contributed by atoms with Gasteiger partial charge in [0.2, 0.25) is 0 Å². The second-order valence-corrected chi connectivity index (χ2v) is 5.70. The number of halogens is 4. The zero-order valence-corrected chi connectivity index (χ0v) is 11.7. The molecule has 0 spiro atoms. The van der Waals surface area contributed by atoms with Crippen molar-refractivity contribution in [2.45, 2.75) is 25.6 Å². The van der Waals surface area contributed by atoms with Gasteiger partial charge >= 0.3 is 6.18 Å². The summed E-state index contributed by atoms with van der Waals surface area (Å²) in [6.45, 7) is 4.89. The van der Waals surface area contributed by atoms with Crippen LogP contribution in [-0.4, -0.2) is 36.0 Å². The number of piperazine rings is 1. The third kappa shape index (κ3) is 3.34. The van der Waals surface area contributed by atoms with Gasteiger partial charge in [-0.25, -0.2) is 4.39 Å². The van der Waals surface area contributed by atoms with Crippen LogP contribution in [0.1, 0.15) is 29.8 Å². The molecule has 0 unspecified atom stereocenters. The van der Waals surface area contributed by atoms with E-state index in [-0.39, 0.29) is 5.54 Å². The normalized spacial score (nSPS) is 18.7. The molecule has 1 amide bonds. The molecular weight excluding hydrogens is 288 g/mol. The number of hydrogen-bond donors (Lipinski definition) is 1. The summed E-state index contributed by atoms with van der Waals surface area (Å²) in [6.07, 6.45) is -4.82. The molecule has 1 aromatic carbocycles. The highest BCUT2D eigenvalue weighted by molar-refractivity contribution is 5.95. The van der Waals surface area contributed by atoms with Crippen LogP contribution in [0, 0.1) is 5.82 Å². The first kappa shape index (κ1) is 15.8. The van der Waals surface area contributed by atoms with E-state index in [9.17, 15) is 22.4 Å². The predicted octanol–water partition coefficient (Wildman–Crippen LogP) is 2.67. The first-order valence-corrected chi connectivity index (χ1v) is 6.52. The molecule has 0 atom stereocenters. The van der Waals surface area contributed by atoms with Crippen LogP contribution in [0.2, 0.25) is 0 Å². The van der Waals surface area contributed by atoms with Crippen LogP contribution in [0.5, 0.6) is 0 Å². The predicted molar refractivity (Wildman–Crippen MR) is 69.4 cm³/mol. The summed E-state index contributed by atoms with van der Waals surface area (Å²) in [7, 11) is 0. The van der Waals surface area contributed by atoms with E-state index < -0.39 is 29.0 Å². The highest BCUT2D eigenvalue weighted by Crippen LogP contribution is 2.32. The smallest absolute Gasteiger partial charge is 0.335 e. The number of nitrogens with zero attached hydrogens (tertiary/aromatic N) is 1. The molecule has 21 heavy (non-hydrogen) atoms. The maximum atomic E-state index is 14.0. The standard InChI is InChI=1S/C14H16F4N2O/c1-13(2)8-20(7-6-19-13)12(21)9-4-3-5-10(11(9)15)14(16,17)18/h3-5,19H,6-8H2,1-2H3. The van der Waals surface area contributed by atoms with Crippen molar-refractivity contribution in [3.05, 3.63) is 35.1 Å². The number of carbonyl (C=O) groups excluding carboxylic acids is 1. The van der Waals surface area contributed by atoms with Crippen molar-refractivity contribution in [3.8, 4) is 0 Å². The molecule has 3 nitrogen and oxygen atoms in total. The second kappa shape index (κ2) is 5.29. The highest BCUT2D eigenvalue weighted by atomic mass is 19.4. The molecule has 1 saturated heterocycles. The zero-order valence-electron chi connectivity index (χ0n) is 11.7. The Labute approximate surface area is 119 Å². The van der Waals surface area contributed by atoms with Gasteiger partial charge in [-0.05, 0) is 26.0 Å². The van der Waals surface area contributed by atoms with E-state index >= 15 is 0 Å². The van der Waals surface area contributed by atoms with Crippen molar-refractivity contribution in [2.75, 3.05) is 19.6 Å². The lowest BCUT2D eigenvalue weighted by atomic mass is 10.0. The van der Waals surface area contributed by atoms with Gasteiger partial charge in [-0.2, -0.15) is 13.2 Å². The number of hydrogen-bond acceptors (Lipinski definition) is 2. The molecule has 0 radical (unpaired) electrons. The molecule has 0 aromatic heterocycles. The number of alkyl halides is 3. The topological polar surface area (TPSA) is 32.3 Å². The third-order valence-corrected chi connectivity index (χ3v) is 3.39. The molecule has 1 fully saturated rings. The van der Waals surface area contributed by atoms with E-state index in [1.54, 1.807) is 0 Å². The Morgan fingerprint density at radius 1 is 1.33 bits per heavy atom. The summed E-state index contributed by atoms with van der Waals surface area (Å²) < 4.78 is 52.0. The van der Waals surface area contributed by atoms with Gasteiger partial charge < -0.3 is 10.2 Å². The number of nitrogens with one attached hydrogen (secondary N) is 1. The molecule has 1 heterocycles. The molecule has 0 bridgehead atoms. The minimum Gasteiger partial charge on any atom is -0.335 e. The van der Waals surface area contributed by atoms with Crippen LogP contribution in [0.3, 0.4) is 0 Å². The Morgan fingerprint density at radius 3 is 2.57 bits per heavy atom. The van der Waals surface area contributed by atoms with Gasteiger partial charge in [0.15, 0.2) is 0 Å². The molecule has 1 aliphatic heterocycles. The molecule has 1 aromatic rings. The minimum absolute atomic E-state index is 0.307. The van der Waals surface area contributed by atoms with E-state index in [4.69, 9.17) is 0 Å². The average molecular weight is 304 g/mol. The van der Waals surface area contributed by atoms with Crippen molar-refractivity contribution < 1.29 is 22.4 Å². The average Bonchev–Trinajstić information content (AvgIpc) is 2.35. The van der Waals surface area contributed by atoms with E-state index in [0.717, 1.165) is 12.1 Å². The minimum atomic E-state index is -4.82. The van der Waals surface area contributed by atoms with Crippen molar-refractivity contribution in [3.63, 3.8) is 0 Å². The van der Waals surface area contributed by atoms with Crippen molar-refractivity contribution in [2.24, 2.45) is 0 Å². The Morgan fingerprint density at radius 2 is 2.00 bits per heavy atom. The summed E-state index contributed by atoms with van der Waals surface area (Å²) >= 11 is 0. The Kier molecular flexibility index (Phi) is 3.97. The molecule has 1 N–H and O–H groups in total. The van der Waals surface area contributed by atoms with Crippen LogP contribution in [-0.2, 0) is 6.18 Å². The number of carbonyl (C=O) groups is 1. The van der Waals surface area contributed by atoms with Gasteiger partial charge in [-0.1, -0.05) is 6.07 Å². The lowest BCUT2D eigenvalue weighted by Gasteiger charge is -2.39. The Balaban J connectivity index is 2.32. The third-order valence-electron chi connectivity index (χ3n) is 3.39. The summed E-state index contributed by atoms with van der Waals surface area (Å²) in [5.41, 5.74) is -2.31. The summed E-state index contributed by atoms with van der Waals surface area (Å²) in [5.74, 6) is -2.22. The fraction of sp³-hybridized carbons (Fsp3) is 0.500. The molecule has 116 valence electrons. The number of rotatable bonds is 1. The van der Waals surface area contributed by atoms with Gasteiger partial charge in [-0.15, -0.1) is 0 Å². The second-order valence-electron chi connectivity index (χ2n) is 5.70. The maximum absolute atomic E-state index is 14.0. The quantitative estimate of drug-likeness (QED) is 0.809. The van der Waals surface area contributed by atoms with Crippen molar-refractivity contribution in [1.82, 2.24) is 10.2 Å². The first-order chi connectivity index (χ1) is 9.62. The van der Waals surface area contributed by atoms with Gasteiger partial charge in [0.1, 0.15) is 5.82 Å². The fourth-order valence-corrected chi connectivity index (χ4v) is 2.40. The van der Waals surface area contributed by atoms with E-state index in [2.05, 4.69) is 5.32 Å². The van der Waals surface area contributed by atoms with Crippen LogP contribution >= 0.6 is 0 Å². The molecule has 0 aliphatic carbocycles. The highest BCUT2D eigenvalue weighted by Gasteiger charge is 2.37. The summed E-state index contributed by atoms with van der Waals surface area (Å²) in [6, 6.07) is 2.77. The Bertz CT molecular complexity index is 554. The fourth-order valence-electron chi connectivity index (χ4n) is 2.40. The largest absolute Gasteiger partial charge is 0.419 e. The van der Waals surface area contributed by atoms with Gasteiger partial charge in [0.25, 0.3) is 5.91 Å². The first-order valence-electron chi connectivity index (χ1n) is 6.52. The lowest BCUT2D eigenvalue weighted by Crippen LogP contribution is -2.58. The summed E-state index contributed by atoms with van der Waals surface area (Å²) in [4.78, 5) is 13.6. The van der Waals surface area contributed by atoms with Crippen molar-refractivity contribution >= 4 is 5.91 Å². The van der Waals surface area contributed by atoms with E-state index in [0.29, 0.717) is 25.7 Å². The van der Waals surface area contributed by atoms with Crippen LogP contribution < -0.4 is 5.32 Å². The summed E-state index contributed by atoms with van der Waals surface area (Å²) in [5, 5.41) is 3.18. The van der Waals surface area contributed by atoms with Gasteiger partial charge in [0, 0.05) is 25.2 Å². The van der Waals surface area contributed by atoms with Gasteiger partial charge in [0.05, 0.1) is 11.1 Å². The number of amides is 1. The molecular formula is C14H16F4N2O. The molecule has 7 heteroatoms. The van der Waals surface area contributed by atoms with E-state index in [1.807, 2.05) is 13.8 Å². The SMILES string of the molecule is CC1(C)CN(C(=O)c2cccc(C(F)(F)F)c2F)CCN1. The molecule has 0 saturated carbocycles. The molecule has 2 rings (SSSR count). The Hall–Kier alpha value is -1.63. The van der Waals surface area contributed by atoms with Crippen LogP contribution in [0.4, 0.5) is 17.6 Å². The molecule has 1 aliphatic rings. The van der Waals surface area contributed by atoms with Crippen LogP contribution in [0.25, 0.3) is 0 Å². The maximum Gasteiger partial charge on any atom is 0.419 e. The zero-order chi connectivity index (χ0) is 15.8.